The Morgan fingerprint density at radius 1 is 1.10 bits per heavy atom. The van der Waals surface area contributed by atoms with Gasteiger partial charge in [0.1, 0.15) is 11.9 Å². The second kappa shape index (κ2) is 7.39. The highest BCUT2D eigenvalue weighted by molar-refractivity contribution is 5.33. The first-order chi connectivity index (χ1) is 9.66. The molecule has 0 saturated heterocycles. The van der Waals surface area contributed by atoms with Gasteiger partial charge in [-0.25, -0.2) is 0 Å². The maximum atomic E-state index is 12.2. The quantitative estimate of drug-likeness (QED) is 0.818. The van der Waals surface area contributed by atoms with Gasteiger partial charge in [-0.3, -0.25) is 0 Å². The fourth-order valence-electron chi connectivity index (χ4n) is 2.54. The highest BCUT2D eigenvalue weighted by Gasteiger charge is 2.15. The summed E-state index contributed by atoms with van der Waals surface area (Å²) in [6.07, 6.45) is 7.82. The number of aliphatic hydroxyl groups excluding tert-OH is 1. The third-order valence-corrected chi connectivity index (χ3v) is 3.58. The summed E-state index contributed by atoms with van der Waals surface area (Å²) in [5, 5.41) is 10.4. The second-order valence-electron chi connectivity index (χ2n) is 5.09. The molecule has 0 heterocycles. The summed E-state index contributed by atoms with van der Waals surface area (Å²) < 4.78 is 28.8. The average molecular weight is 282 g/mol. The van der Waals surface area contributed by atoms with Crippen molar-refractivity contribution in [2.24, 2.45) is 0 Å². The third kappa shape index (κ3) is 4.30. The molecule has 2 rings (SSSR count). The van der Waals surface area contributed by atoms with E-state index in [9.17, 15) is 13.9 Å². The van der Waals surface area contributed by atoms with Gasteiger partial charge in [-0.05, 0) is 49.0 Å². The molecule has 1 atom stereocenters. The average Bonchev–Trinajstić information content (AvgIpc) is 2.37. The fraction of sp³-hybridized carbons (Fsp3) is 0.500. The summed E-state index contributed by atoms with van der Waals surface area (Å²) >= 11 is 0. The lowest BCUT2D eigenvalue weighted by atomic mass is 9.93. The van der Waals surface area contributed by atoms with Crippen LogP contribution in [0.1, 0.15) is 50.2 Å². The van der Waals surface area contributed by atoms with E-state index in [1.54, 1.807) is 12.1 Å². The van der Waals surface area contributed by atoms with E-state index >= 15 is 0 Å². The van der Waals surface area contributed by atoms with Crippen molar-refractivity contribution in [3.63, 3.8) is 0 Å². The number of aliphatic hydroxyl groups is 1. The first kappa shape index (κ1) is 15.0. The molecule has 0 radical (unpaired) electrons. The Morgan fingerprint density at radius 3 is 2.70 bits per heavy atom. The molecule has 2 nitrogen and oxygen atoms in total. The van der Waals surface area contributed by atoms with Crippen LogP contribution in [0.15, 0.2) is 35.9 Å². The number of benzene rings is 1. The SMILES string of the molecule is OC(/C1=C/CCCCCC1)c1cccc(OC(F)F)c1. The molecule has 110 valence electrons. The van der Waals surface area contributed by atoms with Crippen LogP contribution < -0.4 is 4.74 Å². The monoisotopic (exact) mass is 282 g/mol. The van der Waals surface area contributed by atoms with Crippen molar-refractivity contribution in [2.45, 2.75) is 51.2 Å². The van der Waals surface area contributed by atoms with E-state index in [0.29, 0.717) is 5.56 Å². The van der Waals surface area contributed by atoms with Gasteiger partial charge in [-0.15, -0.1) is 0 Å². The van der Waals surface area contributed by atoms with E-state index in [1.807, 2.05) is 0 Å². The molecule has 1 unspecified atom stereocenters. The van der Waals surface area contributed by atoms with E-state index in [4.69, 9.17) is 0 Å². The largest absolute Gasteiger partial charge is 0.435 e. The van der Waals surface area contributed by atoms with Gasteiger partial charge in [-0.1, -0.05) is 31.1 Å². The van der Waals surface area contributed by atoms with Crippen LogP contribution in [0.25, 0.3) is 0 Å². The summed E-state index contributed by atoms with van der Waals surface area (Å²) in [4.78, 5) is 0. The van der Waals surface area contributed by atoms with E-state index in [-0.39, 0.29) is 5.75 Å². The molecular weight excluding hydrogens is 262 g/mol. The van der Waals surface area contributed by atoms with Crippen LogP contribution in [-0.2, 0) is 0 Å². The molecule has 1 aromatic carbocycles. The van der Waals surface area contributed by atoms with Gasteiger partial charge >= 0.3 is 6.61 Å². The zero-order valence-electron chi connectivity index (χ0n) is 11.4. The Hall–Kier alpha value is -1.42. The Labute approximate surface area is 118 Å². The molecule has 0 fully saturated rings. The summed E-state index contributed by atoms with van der Waals surface area (Å²) in [7, 11) is 0. The van der Waals surface area contributed by atoms with Crippen molar-refractivity contribution in [1.29, 1.82) is 0 Å². The number of allylic oxidation sites excluding steroid dienone is 1. The number of ether oxygens (including phenoxy) is 1. The predicted octanol–water partition coefficient (Wildman–Crippen LogP) is 4.60. The number of hydrogen-bond acceptors (Lipinski definition) is 2. The van der Waals surface area contributed by atoms with Gasteiger partial charge in [0.25, 0.3) is 0 Å². The molecule has 1 N–H and O–H groups in total. The highest BCUT2D eigenvalue weighted by Crippen LogP contribution is 2.30. The van der Waals surface area contributed by atoms with Gasteiger partial charge < -0.3 is 9.84 Å². The van der Waals surface area contributed by atoms with Crippen LogP contribution >= 0.6 is 0 Å². The first-order valence-electron chi connectivity index (χ1n) is 7.08. The Bertz CT molecular complexity index is 458. The predicted molar refractivity (Wildman–Crippen MR) is 73.8 cm³/mol. The van der Waals surface area contributed by atoms with Gasteiger partial charge in [0.05, 0.1) is 0 Å². The minimum absolute atomic E-state index is 0.0861. The lowest BCUT2D eigenvalue weighted by Crippen LogP contribution is -2.06. The first-order valence-corrected chi connectivity index (χ1v) is 7.08. The molecule has 0 amide bonds. The van der Waals surface area contributed by atoms with Crippen molar-refractivity contribution >= 4 is 0 Å². The van der Waals surface area contributed by atoms with Gasteiger partial charge in [0.15, 0.2) is 0 Å². The van der Waals surface area contributed by atoms with Crippen LogP contribution in [0, 0.1) is 0 Å². The molecule has 0 aromatic heterocycles. The van der Waals surface area contributed by atoms with Crippen molar-refractivity contribution in [2.75, 3.05) is 0 Å². The summed E-state index contributed by atoms with van der Waals surface area (Å²) in [5.41, 5.74) is 1.59. The molecule has 0 aliphatic heterocycles. The summed E-state index contributed by atoms with van der Waals surface area (Å²) in [5.74, 6) is 0.0861. The van der Waals surface area contributed by atoms with Crippen LogP contribution in [0.4, 0.5) is 8.78 Å². The Morgan fingerprint density at radius 2 is 1.90 bits per heavy atom. The standard InChI is InChI=1S/C16H20F2O2/c17-16(18)20-14-10-6-9-13(11-14)15(19)12-7-4-2-1-3-5-8-12/h6-7,9-11,15-16,19H,1-5,8H2/b12-7+. The summed E-state index contributed by atoms with van der Waals surface area (Å²) in [6, 6.07) is 6.31. The Kier molecular flexibility index (Phi) is 5.53. The van der Waals surface area contributed by atoms with E-state index in [1.165, 1.54) is 25.0 Å². The highest BCUT2D eigenvalue weighted by atomic mass is 19.3. The van der Waals surface area contributed by atoms with Crippen molar-refractivity contribution < 1.29 is 18.6 Å². The molecule has 1 aliphatic rings. The molecule has 1 aliphatic carbocycles. The normalized spacial score (nSPS) is 20.7. The zero-order valence-corrected chi connectivity index (χ0v) is 11.4. The fourth-order valence-corrected chi connectivity index (χ4v) is 2.54. The van der Waals surface area contributed by atoms with Crippen LogP contribution in [0.5, 0.6) is 5.75 Å². The lowest BCUT2D eigenvalue weighted by Gasteiger charge is -2.18. The van der Waals surface area contributed by atoms with Crippen molar-refractivity contribution in [3.05, 3.63) is 41.5 Å². The number of hydrogen-bond donors (Lipinski definition) is 1. The minimum atomic E-state index is -2.84. The maximum absolute atomic E-state index is 12.2. The van der Waals surface area contributed by atoms with Crippen LogP contribution in [0.3, 0.4) is 0 Å². The Balaban J connectivity index is 2.12. The number of halogens is 2. The van der Waals surface area contributed by atoms with Crippen molar-refractivity contribution in [1.82, 2.24) is 0 Å². The van der Waals surface area contributed by atoms with E-state index < -0.39 is 12.7 Å². The van der Waals surface area contributed by atoms with Gasteiger partial charge in [-0.2, -0.15) is 8.78 Å². The third-order valence-electron chi connectivity index (χ3n) is 3.58. The molecule has 20 heavy (non-hydrogen) atoms. The maximum Gasteiger partial charge on any atom is 0.387 e. The topological polar surface area (TPSA) is 29.5 Å². The molecule has 1 aromatic rings. The smallest absolute Gasteiger partial charge is 0.387 e. The summed E-state index contributed by atoms with van der Waals surface area (Å²) in [6.45, 7) is -2.84. The van der Waals surface area contributed by atoms with Crippen molar-refractivity contribution in [3.8, 4) is 5.75 Å². The minimum Gasteiger partial charge on any atom is -0.435 e. The van der Waals surface area contributed by atoms with Crippen LogP contribution in [-0.4, -0.2) is 11.7 Å². The zero-order chi connectivity index (χ0) is 14.4. The molecule has 0 spiro atoms. The second-order valence-corrected chi connectivity index (χ2v) is 5.09. The molecule has 0 bridgehead atoms. The number of rotatable bonds is 4. The lowest BCUT2D eigenvalue weighted by molar-refractivity contribution is -0.0499. The van der Waals surface area contributed by atoms with E-state index in [2.05, 4.69) is 10.8 Å². The molecule has 4 heteroatoms. The van der Waals surface area contributed by atoms with E-state index in [0.717, 1.165) is 31.3 Å². The molecule has 0 saturated carbocycles. The van der Waals surface area contributed by atoms with Crippen LogP contribution in [0.2, 0.25) is 0 Å². The number of alkyl halides is 2. The van der Waals surface area contributed by atoms with Gasteiger partial charge in [0, 0.05) is 0 Å². The molecular formula is C16H20F2O2. The van der Waals surface area contributed by atoms with Gasteiger partial charge in [0.2, 0.25) is 0 Å².